The van der Waals surface area contributed by atoms with Gasteiger partial charge in [0.25, 0.3) is 0 Å². The van der Waals surface area contributed by atoms with Crippen molar-refractivity contribution < 1.29 is 13.5 Å². The van der Waals surface area contributed by atoms with Gasteiger partial charge in [-0.2, -0.15) is 4.98 Å². The van der Waals surface area contributed by atoms with E-state index >= 15 is 0 Å². The van der Waals surface area contributed by atoms with E-state index in [-0.39, 0.29) is 24.6 Å². The summed E-state index contributed by atoms with van der Waals surface area (Å²) in [6.45, 7) is 0.365. The van der Waals surface area contributed by atoms with E-state index in [2.05, 4.69) is 20.3 Å². The number of benzene rings is 1. The van der Waals surface area contributed by atoms with Gasteiger partial charge in [-0.15, -0.1) is 0 Å². The van der Waals surface area contributed by atoms with Crippen molar-refractivity contribution in [2.45, 2.75) is 38.8 Å². The molecule has 1 unspecified atom stereocenters. The van der Waals surface area contributed by atoms with Crippen LogP contribution >= 0.6 is 11.6 Å². The number of hydrogen-bond donors (Lipinski definition) is 1. The third kappa shape index (κ3) is 5.80. The lowest BCUT2D eigenvalue weighted by molar-refractivity contribution is 0.449. The van der Waals surface area contributed by atoms with Gasteiger partial charge in [-0.1, -0.05) is 23.8 Å². The number of nitrogens with zero attached hydrogens (tertiary/aromatic N) is 5. The molecule has 11 heteroatoms. The normalized spacial score (nSPS) is 17.4. The number of imidazole rings is 1. The Hall–Kier alpha value is -3.79. The van der Waals surface area contributed by atoms with Crippen molar-refractivity contribution in [2.24, 2.45) is 10.9 Å². The number of rotatable bonds is 8. The van der Waals surface area contributed by atoms with Crippen molar-refractivity contribution in [2.75, 3.05) is 12.0 Å². The Morgan fingerprint density at radius 1 is 1.22 bits per heavy atom. The maximum Gasteiger partial charge on any atom is 0.300 e. The first kappa shape index (κ1) is 24.9. The number of alkyl halides is 1. The van der Waals surface area contributed by atoms with E-state index in [0.29, 0.717) is 59.0 Å². The fraction of sp³-hybridized carbons (Fsp3) is 0.308. The Morgan fingerprint density at radius 3 is 2.76 bits per heavy atom. The van der Waals surface area contributed by atoms with Gasteiger partial charge in [0.1, 0.15) is 11.6 Å². The van der Waals surface area contributed by atoms with Crippen molar-refractivity contribution in [3.63, 3.8) is 0 Å². The number of nitrogens with one attached hydrogen (secondary N) is 1. The summed E-state index contributed by atoms with van der Waals surface area (Å²) in [5.41, 5.74) is 1.06. The molecule has 1 N–H and O–H groups in total. The number of halogens is 3. The predicted molar refractivity (Wildman–Crippen MR) is 140 cm³/mol. The van der Waals surface area contributed by atoms with E-state index < -0.39 is 12.2 Å². The number of fused-ring (bicyclic) bond motifs is 1. The van der Waals surface area contributed by atoms with Gasteiger partial charge in [0.15, 0.2) is 17.1 Å². The first-order chi connectivity index (χ1) is 18.0. The van der Waals surface area contributed by atoms with E-state index in [1.165, 1.54) is 6.20 Å². The molecule has 8 nitrogen and oxygen atoms in total. The third-order valence-corrected chi connectivity index (χ3v) is 6.39. The number of aryl methyl sites for hydroxylation is 1. The molecule has 0 spiro atoms. The standard InChI is InChI=1S/C26H25ClF2N6O2/c27-18-4-2-17(3-5-18)15-35-24-23(34(16-31-24)13-1-12-28)25(36)33-26(35)32-20-7-9-21(10-8-20)37-22-11-6-19(29)14-30-22/h2,4-5,7-10,14,16-17H,1,3,6,11-13,15H2,(H,32,33,36). The Balaban J connectivity index is 1.43. The second-order valence-corrected chi connectivity index (χ2v) is 9.23. The molecule has 0 radical (unpaired) electrons. The van der Waals surface area contributed by atoms with Crippen LogP contribution in [0.4, 0.5) is 20.4 Å². The SMILES string of the molecule is O=c1nc(Nc2ccc(OC3=NC=C(F)CC3)cc2)n(CC2C=CC(Cl)=CC2)c2ncn(CCCF)c12. The highest BCUT2D eigenvalue weighted by Gasteiger charge is 2.19. The zero-order valence-corrected chi connectivity index (χ0v) is 20.7. The average molecular weight is 527 g/mol. The quantitative estimate of drug-likeness (QED) is 0.402. The highest BCUT2D eigenvalue weighted by molar-refractivity contribution is 6.31. The maximum atomic E-state index is 13.2. The molecular formula is C26H25ClF2N6O2. The molecule has 0 saturated heterocycles. The first-order valence-electron chi connectivity index (χ1n) is 12.0. The Labute approximate surface area is 216 Å². The van der Waals surface area contributed by atoms with Gasteiger partial charge in [0, 0.05) is 36.7 Å². The molecule has 192 valence electrons. The van der Waals surface area contributed by atoms with Crippen LogP contribution in [-0.4, -0.2) is 31.7 Å². The molecule has 3 heterocycles. The minimum absolute atomic E-state index is 0.123. The molecule has 0 amide bonds. The van der Waals surface area contributed by atoms with Crippen LogP contribution in [0.3, 0.4) is 0 Å². The molecule has 5 rings (SSSR count). The summed E-state index contributed by atoms with van der Waals surface area (Å²) in [5, 5.41) is 3.92. The molecule has 0 bridgehead atoms. The van der Waals surface area contributed by atoms with Crippen molar-refractivity contribution in [3.05, 3.63) is 76.2 Å². The molecule has 0 saturated carbocycles. The number of ether oxygens (including phenoxy) is 1. The van der Waals surface area contributed by atoms with E-state index in [1.54, 1.807) is 35.2 Å². The smallest absolute Gasteiger partial charge is 0.300 e. The second-order valence-electron chi connectivity index (χ2n) is 8.80. The summed E-state index contributed by atoms with van der Waals surface area (Å²) in [4.78, 5) is 25.8. The third-order valence-electron chi connectivity index (χ3n) is 6.11. The number of aromatic nitrogens is 4. The number of allylic oxidation sites excluding steroid dienone is 5. The van der Waals surface area contributed by atoms with Crippen LogP contribution in [0.25, 0.3) is 11.2 Å². The van der Waals surface area contributed by atoms with Crippen molar-refractivity contribution in [3.8, 4) is 5.75 Å². The van der Waals surface area contributed by atoms with Crippen LogP contribution in [0.2, 0.25) is 0 Å². The van der Waals surface area contributed by atoms with Gasteiger partial charge in [-0.25, -0.2) is 14.4 Å². The monoisotopic (exact) mass is 526 g/mol. The summed E-state index contributed by atoms with van der Waals surface area (Å²) in [7, 11) is 0. The van der Waals surface area contributed by atoms with Crippen molar-refractivity contribution >= 4 is 40.3 Å². The first-order valence-corrected chi connectivity index (χ1v) is 12.4. The summed E-state index contributed by atoms with van der Waals surface area (Å²) in [6.07, 6.45) is 10.2. The van der Waals surface area contributed by atoms with Crippen molar-refractivity contribution in [1.29, 1.82) is 0 Å². The molecule has 1 aliphatic carbocycles. The van der Waals surface area contributed by atoms with E-state index in [1.807, 2.05) is 22.8 Å². The lowest BCUT2D eigenvalue weighted by Crippen LogP contribution is -2.22. The molecule has 2 aliphatic rings. The van der Waals surface area contributed by atoms with Crippen LogP contribution in [0.15, 0.2) is 75.7 Å². The number of hydrogen-bond acceptors (Lipinski definition) is 6. The maximum absolute atomic E-state index is 13.2. The molecule has 37 heavy (non-hydrogen) atoms. The number of aliphatic imine (C=N–C) groups is 1. The fourth-order valence-corrected chi connectivity index (χ4v) is 4.38. The zero-order valence-electron chi connectivity index (χ0n) is 19.9. The van der Waals surface area contributed by atoms with Gasteiger partial charge in [0.2, 0.25) is 5.95 Å². The summed E-state index contributed by atoms with van der Waals surface area (Å²) < 4.78 is 35.2. The highest BCUT2D eigenvalue weighted by Crippen LogP contribution is 2.26. The summed E-state index contributed by atoms with van der Waals surface area (Å²) in [5.74, 6) is 1.20. The fourth-order valence-electron chi connectivity index (χ4n) is 4.22. The van der Waals surface area contributed by atoms with Crippen molar-refractivity contribution in [1.82, 2.24) is 19.1 Å². The van der Waals surface area contributed by atoms with Gasteiger partial charge in [-0.05, 0) is 49.1 Å². The van der Waals surface area contributed by atoms with Crippen LogP contribution in [0.5, 0.6) is 5.75 Å². The van der Waals surface area contributed by atoms with Gasteiger partial charge < -0.3 is 14.6 Å². The van der Waals surface area contributed by atoms with E-state index in [9.17, 15) is 13.6 Å². The topological polar surface area (TPSA) is 86.3 Å². The molecule has 1 aliphatic heterocycles. The Morgan fingerprint density at radius 2 is 2.05 bits per heavy atom. The zero-order chi connectivity index (χ0) is 25.8. The predicted octanol–water partition coefficient (Wildman–Crippen LogP) is 5.78. The summed E-state index contributed by atoms with van der Waals surface area (Å²) >= 11 is 6.09. The average Bonchev–Trinajstić information content (AvgIpc) is 3.33. The Bertz CT molecular complexity index is 1470. The largest absolute Gasteiger partial charge is 0.443 e. The van der Waals surface area contributed by atoms with E-state index in [4.69, 9.17) is 16.3 Å². The Kier molecular flexibility index (Phi) is 7.45. The summed E-state index contributed by atoms with van der Waals surface area (Å²) in [6, 6.07) is 7.09. The second kappa shape index (κ2) is 11.1. The van der Waals surface area contributed by atoms with Crippen LogP contribution in [-0.2, 0) is 13.1 Å². The lowest BCUT2D eigenvalue weighted by atomic mass is 10.0. The molecule has 3 aromatic rings. The lowest BCUT2D eigenvalue weighted by Gasteiger charge is -2.20. The van der Waals surface area contributed by atoms with Gasteiger partial charge in [0.05, 0.1) is 19.2 Å². The van der Waals surface area contributed by atoms with Crippen LogP contribution in [0, 0.1) is 5.92 Å². The van der Waals surface area contributed by atoms with E-state index in [0.717, 1.165) is 6.42 Å². The van der Waals surface area contributed by atoms with Gasteiger partial charge in [-0.3, -0.25) is 13.8 Å². The molecule has 1 aromatic carbocycles. The minimum Gasteiger partial charge on any atom is -0.443 e. The molecule has 2 aromatic heterocycles. The van der Waals surface area contributed by atoms with Crippen LogP contribution < -0.4 is 15.6 Å². The molecule has 1 atom stereocenters. The highest BCUT2D eigenvalue weighted by atomic mass is 35.5. The van der Waals surface area contributed by atoms with Crippen LogP contribution in [0.1, 0.15) is 25.7 Å². The number of anilines is 2. The molecular weight excluding hydrogens is 502 g/mol. The molecule has 0 fully saturated rings. The van der Waals surface area contributed by atoms with Gasteiger partial charge >= 0.3 is 5.56 Å². The minimum atomic E-state index is -0.485.